The van der Waals surface area contributed by atoms with Crippen LogP contribution in [0, 0.1) is 18.6 Å². The average molecular weight is 291 g/mol. The number of aromatic carboxylic acids is 1. The smallest absolute Gasteiger partial charge is 0.336 e. The second kappa shape index (κ2) is 5.70. The first-order valence-electron chi connectivity index (χ1n) is 5.99. The summed E-state index contributed by atoms with van der Waals surface area (Å²) in [4.78, 5) is 23.0. The fourth-order valence-corrected chi connectivity index (χ4v) is 1.83. The van der Waals surface area contributed by atoms with Crippen LogP contribution in [0.2, 0.25) is 0 Å². The van der Waals surface area contributed by atoms with Crippen LogP contribution in [0.5, 0.6) is 0 Å². The summed E-state index contributed by atoms with van der Waals surface area (Å²) in [6.07, 6.45) is 0. The molecule has 6 heteroatoms. The second-order valence-corrected chi connectivity index (χ2v) is 4.37. The summed E-state index contributed by atoms with van der Waals surface area (Å²) in [5, 5.41) is 11.5. The highest BCUT2D eigenvalue weighted by Gasteiger charge is 2.14. The zero-order valence-corrected chi connectivity index (χ0v) is 11.0. The summed E-state index contributed by atoms with van der Waals surface area (Å²) in [5.41, 5.74) is 0.665. The van der Waals surface area contributed by atoms with E-state index < -0.39 is 23.5 Å². The van der Waals surface area contributed by atoms with Gasteiger partial charge in [-0.3, -0.25) is 4.79 Å². The molecule has 0 fully saturated rings. The van der Waals surface area contributed by atoms with Crippen LogP contribution >= 0.6 is 0 Å². The number of benzene rings is 2. The number of amides is 1. The third-order valence-electron chi connectivity index (χ3n) is 2.99. The molecular weight excluding hydrogens is 280 g/mol. The van der Waals surface area contributed by atoms with Crippen molar-refractivity contribution < 1.29 is 23.5 Å². The van der Waals surface area contributed by atoms with Crippen molar-refractivity contribution in [3.63, 3.8) is 0 Å². The molecule has 0 unspecified atom stereocenters. The number of rotatable bonds is 3. The zero-order chi connectivity index (χ0) is 15.6. The summed E-state index contributed by atoms with van der Waals surface area (Å²) in [6, 6.07) is 7.19. The van der Waals surface area contributed by atoms with E-state index in [0.29, 0.717) is 11.3 Å². The summed E-state index contributed by atoms with van der Waals surface area (Å²) in [5.74, 6) is -3.94. The van der Waals surface area contributed by atoms with Gasteiger partial charge in [0.1, 0.15) is 0 Å². The van der Waals surface area contributed by atoms with Gasteiger partial charge in [0, 0.05) is 11.3 Å². The van der Waals surface area contributed by atoms with Crippen LogP contribution < -0.4 is 5.32 Å². The summed E-state index contributed by atoms with van der Waals surface area (Å²) >= 11 is 0. The molecule has 4 nitrogen and oxygen atoms in total. The molecule has 0 spiro atoms. The number of carbonyl (C=O) groups excluding carboxylic acids is 1. The third-order valence-corrected chi connectivity index (χ3v) is 2.99. The first-order chi connectivity index (χ1) is 9.90. The van der Waals surface area contributed by atoms with E-state index in [-0.39, 0.29) is 11.1 Å². The first-order valence-corrected chi connectivity index (χ1v) is 5.99. The lowest BCUT2D eigenvalue weighted by molar-refractivity contribution is 0.0695. The predicted octanol–water partition coefficient (Wildman–Crippen LogP) is 3.22. The Hall–Kier alpha value is -2.76. The lowest BCUT2D eigenvalue weighted by atomic mass is 10.1. The van der Waals surface area contributed by atoms with Crippen molar-refractivity contribution in [3.05, 3.63) is 64.7 Å². The number of halogens is 2. The van der Waals surface area contributed by atoms with Crippen molar-refractivity contribution in [2.24, 2.45) is 0 Å². The minimum atomic E-state index is -1.13. The van der Waals surface area contributed by atoms with E-state index in [1.54, 1.807) is 6.92 Å². The fraction of sp³-hybridized carbons (Fsp3) is 0.0667. The van der Waals surface area contributed by atoms with E-state index in [1.165, 1.54) is 18.2 Å². The van der Waals surface area contributed by atoms with Crippen molar-refractivity contribution in [2.75, 3.05) is 5.32 Å². The van der Waals surface area contributed by atoms with Gasteiger partial charge in [-0.05, 0) is 42.8 Å². The van der Waals surface area contributed by atoms with Gasteiger partial charge in [-0.25, -0.2) is 13.6 Å². The molecule has 2 N–H and O–H groups in total. The van der Waals surface area contributed by atoms with Crippen LogP contribution in [0.15, 0.2) is 36.4 Å². The van der Waals surface area contributed by atoms with Gasteiger partial charge in [0.2, 0.25) is 0 Å². The maximum Gasteiger partial charge on any atom is 0.336 e. The Kier molecular flexibility index (Phi) is 3.98. The molecular formula is C15H11F2NO3. The second-order valence-electron chi connectivity index (χ2n) is 4.37. The molecule has 0 aliphatic carbocycles. The number of carboxylic acid groups (broad SMARTS) is 1. The quantitative estimate of drug-likeness (QED) is 0.912. The number of nitrogens with one attached hydrogen (secondary N) is 1. The minimum absolute atomic E-state index is 0.0538. The van der Waals surface area contributed by atoms with Gasteiger partial charge in [-0.15, -0.1) is 0 Å². The molecule has 0 aliphatic rings. The largest absolute Gasteiger partial charge is 0.478 e. The minimum Gasteiger partial charge on any atom is -0.478 e. The van der Waals surface area contributed by atoms with Crippen molar-refractivity contribution in [1.29, 1.82) is 0 Å². The Morgan fingerprint density at radius 1 is 1.10 bits per heavy atom. The van der Waals surface area contributed by atoms with E-state index in [9.17, 15) is 18.4 Å². The molecule has 0 saturated heterocycles. The molecule has 0 bridgehead atoms. The van der Waals surface area contributed by atoms with Crippen LogP contribution in [0.4, 0.5) is 14.5 Å². The molecule has 1 amide bonds. The lowest BCUT2D eigenvalue weighted by Crippen LogP contribution is -2.14. The lowest BCUT2D eigenvalue weighted by Gasteiger charge is -2.10. The van der Waals surface area contributed by atoms with Gasteiger partial charge < -0.3 is 10.4 Å². The molecule has 2 aromatic rings. The topological polar surface area (TPSA) is 66.4 Å². The monoisotopic (exact) mass is 291 g/mol. The van der Waals surface area contributed by atoms with Crippen LogP contribution in [-0.4, -0.2) is 17.0 Å². The Bertz CT molecular complexity index is 729. The van der Waals surface area contributed by atoms with Gasteiger partial charge >= 0.3 is 5.97 Å². The highest BCUT2D eigenvalue weighted by molar-refractivity contribution is 6.05. The standard InChI is InChI=1S/C15H11F2NO3/c1-8-10(15(20)21)3-2-4-13(8)18-14(19)9-5-6-11(16)12(17)7-9/h2-7H,1H3,(H,18,19)(H,20,21). The van der Waals surface area contributed by atoms with Crippen LogP contribution in [0.25, 0.3) is 0 Å². The van der Waals surface area contributed by atoms with Gasteiger partial charge in [0.15, 0.2) is 11.6 Å². The maximum absolute atomic E-state index is 13.1. The number of carbonyl (C=O) groups is 2. The van der Waals surface area contributed by atoms with Crippen LogP contribution in [-0.2, 0) is 0 Å². The highest BCUT2D eigenvalue weighted by Crippen LogP contribution is 2.20. The van der Waals surface area contributed by atoms with Crippen molar-refractivity contribution in [3.8, 4) is 0 Å². The average Bonchev–Trinajstić information content (AvgIpc) is 2.43. The number of anilines is 1. The predicted molar refractivity (Wildman–Crippen MR) is 72.4 cm³/mol. The molecule has 0 saturated carbocycles. The van der Waals surface area contributed by atoms with Gasteiger partial charge in [-0.1, -0.05) is 6.07 Å². The van der Waals surface area contributed by atoms with Crippen LogP contribution in [0.1, 0.15) is 26.3 Å². The summed E-state index contributed by atoms with van der Waals surface area (Å²) < 4.78 is 25.9. The van der Waals surface area contributed by atoms with Gasteiger partial charge in [0.05, 0.1) is 5.56 Å². The van der Waals surface area contributed by atoms with E-state index in [4.69, 9.17) is 5.11 Å². The molecule has 2 aromatic carbocycles. The molecule has 2 rings (SSSR count). The number of carboxylic acids is 1. The normalized spacial score (nSPS) is 10.2. The maximum atomic E-state index is 13.1. The number of hydrogen-bond acceptors (Lipinski definition) is 2. The molecule has 21 heavy (non-hydrogen) atoms. The Balaban J connectivity index is 2.29. The molecule has 0 aliphatic heterocycles. The molecule has 0 radical (unpaired) electrons. The number of hydrogen-bond donors (Lipinski definition) is 2. The SMILES string of the molecule is Cc1c(NC(=O)c2ccc(F)c(F)c2)cccc1C(=O)O. The van der Waals surface area contributed by atoms with E-state index in [2.05, 4.69) is 5.32 Å². The van der Waals surface area contributed by atoms with Crippen molar-refractivity contribution in [1.82, 2.24) is 0 Å². The van der Waals surface area contributed by atoms with Gasteiger partial charge in [-0.2, -0.15) is 0 Å². The van der Waals surface area contributed by atoms with Crippen LogP contribution in [0.3, 0.4) is 0 Å². The van der Waals surface area contributed by atoms with E-state index >= 15 is 0 Å². The van der Waals surface area contributed by atoms with E-state index in [1.807, 2.05) is 0 Å². The first kappa shape index (κ1) is 14.6. The summed E-state index contributed by atoms with van der Waals surface area (Å²) in [6.45, 7) is 1.55. The van der Waals surface area contributed by atoms with Crippen molar-refractivity contribution >= 4 is 17.6 Å². The zero-order valence-electron chi connectivity index (χ0n) is 11.0. The highest BCUT2D eigenvalue weighted by atomic mass is 19.2. The summed E-state index contributed by atoms with van der Waals surface area (Å²) in [7, 11) is 0. The third kappa shape index (κ3) is 3.05. The fourth-order valence-electron chi connectivity index (χ4n) is 1.83. The Labute approximate surface area is 119 Å². The molecule has 0 atom stereocenters. The molecule has 0 heterocycles. The van der Waals surface area contributed by atoms with E-state index in [0.717, 1.165) is 18.2 Å². The Morgan fingerprint density at radius 2 is 1.81 bits per heavy atom. The van der Waals surface area contributed by atoms with Gasteiger partial charge in [0.25, 0.3) is 5.91 Å². The van der Waals surface area contributed by atoms with Crippen molar-refractivity contribution in [2.45, 2.75) is 6.92 Å². The Morgan fingerprint density at radius 3 is 2.43 bits per heavy atom. The molecule has 0 aromatic heterocycles. The molecule has 108 valence electrons.